The number of thiophene rings is 1. The summed E-state index contributed by atoms with van der Waals surface area (Å²) in [6.45, 7) is 0.255. The van der Waals surface area contributed by atoms with E-state index < -0.39 is 15.6 Å². The van der Waals surface area contributed by atoms with Crippen LogP contribution in [0.15, 0.2) is 44.4 Å². The first-order valence-corrected chi connectivity index (χ1v) is 9.70. The molecule has 0 saturated heterocycles. The maximum Gasteiger partial charge on any atom is 0.250 e. The fraction of sp³-hybridized carbons (Fsp3) is 0.286. The zero-order chi connectivity index (χ0) is 15.8. The standard InChI is InChI=1S/C14H14BrNO4S2/c15-12-5-6-13(21-12)22(18,19)16-9-14(17)7-8-20-11-4-2-1-3-10(11)14/h1-6,16-17H,7-9H2. The van der Waals surface area contributed by atoms with Gasteiger partial charge >= 0.3 is 0 Å². The average molecular weight is 404 g/mol. The Kier molecular flexibility index (Phi) is 4.30. The summed E-state index contributed by atoms with van der Waals surface area (Å²) in [5.41, 5.74) is -0.660. The van der Waals surface area contributed by atoms with Gasteiger partial charge < -0.3 is 9.84 Å². The third kappa shape index (κ3) is 3.07. The summed E-state index contributed by atoms with van der Waals surface area (Å²) in [6, 6.07) is 10.3. The average Bonchev–Trinajstić information content (AvgIpc) is 2.94. The number of fused-ring (bicyclic) bond motifs is 1. The number of nitrogens with one attached hydrogen (secondary N) is 1. The van der Waals surface area contributed by atoms with Gasteiger partial charge in [-0.3, -0.25) is 0 Å². The fourth-order valence-corrected chi connectivity index (χ4v) is 5.50. The number of aliphatic hydroxyl groups is 1. The van der Waals surface area contributed by atoms with Crippen molar-refractivity contribution in [1.82, 2.24) is 4.72 Å². The van der Waals surface area contributed by atoms with Crippen LogP contribution in [0.1, 0.15) is 12.0 Å². The zero-order valence-corrected chi connectivity index (χ0v) is 14.7. The number of para-hydroxylation sites is 1. The van der Waals surface area contributed by atoms with Crippen molar-refractivity contribution in [1.29, 1.82) is 0 Å². The minimum Gasteiger partial charge on any atom is -0.493 e. The van der Waals surface area contributed by atoms with Crippen molar-refractivity contribution < 1.29 is 18.3 Å². The second-order valence-corrected chi connectivity index (χ2v) is 9.47. The third-order valence-electron chi connectivity index (χ3n) is 3.53. The maximum atomic E-state index is 12.3. The predicted molar refractivity (Wildman–Crippen MR) is 87.7 cm³/mol. The van der Waals surface area contributed by atoms with Crippen molar-refractivity contribution in [2.75, 3.05) is 13.2 Å². The molecule has 22 heavy (non-hydrogen) atoms. The number of halogens is 1. The lowest BCUT2D eigenvalue weighted by Crippen LogP contribution is -2.43. The van der Waals surface area contributed by atoms with Gasteiger partial charge in [-0.1, -0.05) is 18.2 Å². The number of benzene rings is 1. The monoisotopic (exact) mass is 403 g/mol. The molecule has 0 amide bonds. The van der Waals surface area contributed by atoms with E-state index in [4.69, 9.17) is 4.74 Å². The molecule has 3 rings (SSSR count). The van der Waals surface area contributed by atoms with E-state index in [0.717, 1.165) is 15.1 Å². The molecule has 1 aliphatic rings. The van der Waals surface area contributed by atoms with Crippen LogP contribution >= 0.6 is 27.3 Å². The minimum atomic E-state index is -3.64. The Labute approximate surface area is 141 Å². The number of hydrogen-bond acceptors (Lipinski definition) is 5. The van der Waals surface area contributed by atoms with Gasteiger partial charge in [0.1, 0.15) is 15.6 Å². The van der Waals surface area contributed by atoms with E-state index in [2.05, 4.69) is 20.7 Å². The molecule has 0 aliphatic carbocycles. The molecule has 0 fully saturated rings. The third-order valence-corrected chi connectivity index (χ3v) is 7.05. The molecule has 1 atom stereocenters. The highest BCUT2D eigenvalue weighted by atomic mass is 79.9. The van der Waals surface area contributed by atoms with E-state index >= 15 is 0 Å². The molecule has 2 heterocycles. The van der Waals surface area contributed by atoms with Gasteiger partial charge in [-0.05, 0) is 34.1 Å². The smallest absolute Gasteiger partial charge is 0.250 e. The van der Waals surface area contributed by atoms with Crippen molar-refractivity contribution in [3.8, 4) is 5.75 Å². The molecule has 0 radical (unpaired) electrons. The quantitative estimate of drug-likeness (QED) is 0.821. The number of ether oxygens (including phenoxy) is 1. The number of hydrogen-bond donors (Lipinski definition) is 2. The van der Waals surface area contributed by atoms with Crippen molar-refractivity contribution >= 4 is 37.3 Å². The summed E-state index contributed by atoms with van der Waals surface area (Å²) in [4.78, 5) is 0. The van der Waals surface area contributed by atoms with Crippen molar-refractivity contribution in [2.24, 2.45) is 0 Å². The maximum absolute atomic E-state index is 12.3. The molecule has 1 aromatic heterocycles. The van der Waals surface area contributed by atoms with Gasteiger partial charge in [-0.2, -0.15) is 0 Å². The Morgan fingerprint density at radius 2 is 2.09 bits per heavy atom. The van der Waals surface area contributed by atoms with Gasteiger partial charge in [0.15, 0.2) is 0 Å². The normalized spacial score (nSPS) is 21.2. The predicted octanol–water partition coefficient (Wildman–Crippen LogP) is 2.46. The van der Waals surface area contributed by atoms with E-state index in [1.54, 1.807) is 24.3 Å². The minimum absolute atomic E-state index is 0.0920. The molecule has 0 saturated carbocycles. The van der Waals surface area contributed by atoms with Gasteiger partial charge in [-0.25, -0.2) is 13.1 Å². The van der Waals surface area contributed by atoms with Crippen LogP contribution in [-0.2, 0) is 15.6 Å². The molecule has 8 heteroatoms. The highest BCUT2D eigenvalue weighted by molar-refractivity contribution is 9.11. The van der Waals surface area contributed by atoms with Gasteiger partial charge in [-0.15, -0.1) is 11.3 Å². The summed E-state index contributed by atoms with van der Waals surface area (Å²) in [5, 5.41) is 10.8. The lowest BCUT2D eigenvalue weighted by Gasteiger charge is -2.34. The van der Waals surface area contributed by atoms with Crippen LogP contribution in [0.3, 0.4) is 0 Å². The van der Waals surface area contributed by atoms with Gasteiger partial charge in [0.2, 0.25) is 10.0 Å². The lowest BCUT2D eigenvalue weighted by molar-refractivity contribution is 0.00220. The van der Waals surface area contributed by atoms with Gasteiger partial charge in [0.05, 0.1) is 10.4 Å². The first kappa shape index (κ1) is 15.9. The first-order chi connectivity index (χ1) is 10.4. The van der Waals surface area contributed by atoms with Crippen LogP contribution in [0.2, 0.25) is 0 Å². The van der Waals surface area contributed by atoms with E-state index in [0.29, 0.717) is 24.3 Å². The topological polar surface area (TPSA) is 75.6 Å². The Balaban J connectivity index is 1.82. The first-order valence-electron chi connectivity index (χ1n) is 6.60. The Morgan fingerprint density at radius 3 is 2.82 bits per heavy atom. The fourth-order valence-electron chi connectivity index (χ4n) is 2.35. The van der Waals surface area contributed by atoms with Crippen LogP contribution in [-0.4, -0.2) is 26.7 Å². The Hall–Kier alpha value is -0.930. The van der Waals surface area contributed by atoms with Crippen molar-refractivity contribution in [3.63, 3.8) is 0 Å². The van der Waals surface area contributed by atoms with E-state index in [9.17, 15) is 13.5 Å². The van der Waals surface area contributed by atoms with Crippen LogP contribution in [0, 0.1) is 0 Å². The number of sulfonamides is 1. The molecular weight excluding hydrogens is 390 g/mol. The largest absolute Gasteiger partial charge is 0.493 e. The van der Waals surface area contributed by atoms with E-state index in [1.165, 1.54) is 6.07 Å². The Morgan fingerprint density at radius 1 is 1.32 bits per heavy atom. The number of rotatable bonds is 4. The van der Waals surface area contributed by atoms with E-state index in [-0.39, 0.29) is 10.8 Å². The second kappa shape index (κ2) is 5.93. The van der Waals surface area contributed by atoms with Crippen LogP contribution in [0.4, 0.5) is 0 Å². The summed E-state index contributed by atoms with van der Waals surface area (Å²) in [7, 11) is -3.64. The molecule has 2 N–H and O–H groups in total. The molecule has 1 aromatic carbocycles. The summed E-state index contributed by atoms with van der Waals surface area (Å²) in [6.07, 6.45) is 0.334. The molecule has 118 valence electrons. The van der Waals surface area contributed by atoms with E-state index in [1.807, 2.05) is 6.07 Å². The molecule has 0 spiro atoms. The highest BCUT2D eigenvalue weighted by Crippen LogP contribution is 2.36. The molecule has 0 bridgehead atoms. The van der Waals surface area contributed by atoms with Crippen molar-refractivity contribution in [3.05, 3.63) is 45.7 Å². The molecule has 2 aromatic rings. The molecule has 1 aliphatic heterocycles. The summed E-state index contributed by atoms with van der Waals surface area (Å²) < 4.78 is 33.5. The van der Waals surface area contributed by atoms with Gasteiger partial charge in [0, 0.05) is 18.5 Å². The zero-order valence-electron chi connectivity index (χ0n) is 11.5. The molecular formula is C14H14BrNO4S2. The van der Waals surface area contributed by atoms with Crippen LogP contribution in [0.5, 0.6) is 5.75 Å². The van der Waals surface area contributed by atoms with Crippen LogP contribution < -0.4 is 9.46 Å². The van der Waals surface area contributed by atoms with Gasteiger partial charge in [0.25, 0.3) is 0 Å². The lowest BCUT2D eigenvalue weighted by atomic mass is 9.88. The SMILES string of the molecule is O=S(=O)(NCC1(O)CCOc2ccccc21)c1ccc(Br)s1. The Bertz CT molecular complexity index is 790. The van der Waals surface area contributed by atoms with Crippen molar-refractivity contribution in [2.45, 2.75) is 16.2 Å². The second-order valence-electron chi connectivity index (χ2n) is 5.01. The summed E-state index contributed by atoms with van der Waals surface area (Å²) >= 11 is 4.37. The highest BCUT2D eigenvalue weighted by Gasteiger charge is 2.36. The summed E-state index contributed by atoms with van der Waals surface area (Å²) in [5.74, 6) is 0.592. The molecule has 1 unspecified atom stereocenters. The van der Waals surface area contributed by atoms with Crippen LogP contribution in [0.25, 0.3) is 0 Å². The molecule has 5 nitrogen and oxygen atoms in total.